The highest BCUT2D eigenvalue weighted by Gasteiger charge is 2.38. The van der Waals surface area contributed by atoms with Crippen LogP contribution in [0.5, 0.6) is 0 Å². The smallest absolute Gasteiger partial charge is 0.246 e. The van der Waals surface area contributed by atoms with Crippen molar-refractivity contribution in [3.63, 3.8) is 0 Å². The van der Waals surface area contributed by atoms with Crippen LogP contribution in [-0.2, 0) is 11.3 Å². The van der Waals surface area contributed by atoms with Crippen molar-refractivity contribution < 1.29 is 9.32 Å². The second kappa shape index (κ2) is 9.30. The molecule has 2 aromatic heterocycles. The van der Waals surface area contributed by atoms with Crippen LogP contribution in [0.4, 0.5) is 0 Å². The maximum Gasteiger partial charge on any atom is 0.246 e. The first-order valence-corrected chi connectivity index (χ1v) is 8.56. The zero-order valence-corrected chi connectivity index (χ0v) is 15.9. The molecule has 1 saturated heterocycles. The number of nitrogens with one attached hydrogen (secondary N) is 2. The Labute approximate surface area is 164 Å². The van der Waals surface area contributed by atoms with E-state index >= 15 is 0 Å². The lowest BCUT2D eigenvalue weighted by atomic mass is 9.85. The molecular weight excluding hydrogens is 377 g/mol. The predicted octanol–water partition coefficient (Wildman–Crippen LogP) is 2.51. The second-order valence-electron chi connectivity index (χ2n) is 6.57. The van der Waals surface area contributed by atoms with Gasteiger partial charge in [-0.05, 0) is 37.3 Å². The Kier molecular flexibility index (Phi) is 7.37. The number of rotatable bonds is 4. The van der Waals surface area contributed by atoms with E-state index in [1.807, 2.05) is 12.1 Å². The van der Waals surface area contributed by atoms with Gasteiger partial charge in [0.25, 0.3) is 0 Å². The first kappa shape index (κ1) is 20.6. The van der Waals surface area contributed by atoms with Crippen LogP contribution >= 0.6 is 24.8 Å². The summed E-state index contributed by atoms with van der Waals surface area (Å²) in [7, 11) is 0. The number of hydrogen-bond donors (Lipinski definition) is 2. The average Bonchev–Trinajstić information content (AvgIpc) is 3.27. The minimum atomic E-state index is -0.0966. The summed E-state index contributed by atoms with van der Waals surface area (Å²) in [5.41, 5.74) is 0.841. The molecule has 2 N–H and O–H groups in total. The van der Waals surface area contributed by atoms with Gasteiger partial charge in [-0.25, -0.2) is 0 Å². The second-order valence-corrected chi connectivity index (χ2v) is 6.57. The predicted molar refractivity (Wildman–Crippen MR) is 101 cm³/mol. The first-order chi connectivity index (χ1) is 11.8. The Bertz CT molecular complexity index is 698. The summed E-state index contributed by atoms with van der Waals surface area (Å²) in [5.74, 6) is 1.58. The van der Waals surface area contributed by atoms with E-state index in [1.165, 1.54) is 25.7 Å². The lowest BCUT2D eigenvalue weighted by Gasteiger charge is -2.24. The quantitative estimate of drug-likeness (QED) is 0.820. The van der Waals surface area contributed by atoms with Crippen LogP contribution in [0.25, 0.3) is 11.4 Å². The number of aromatic nitrogens is 3. The number of carbonyl (C=O) groups excluding carboxylic acids is 1. The molecule has 1 aliphatic carbocycles. The molecule has 0 spiro atoms. The van der Waals surface area contributed by atoms with Gasteiger partial charge in [-0.3, -0.25) is 9.78 Å². The molecular formula is C17H23Cl2N5O2. The molecule has 3 unspecified atom stereocenters. The van der Waals surface area contributed by atoms with Gasteiger partial charge in [-0.2, -0.15) is 4.98 Å². The SMILES string of the molecule is Cl.Cl.O=C(NCc1nc(-c2ccncc2)no1)C1CC2CCCCC2N1. The monoisotopic (exact) mass is 399 g/mol. The maximum absolute atomic E-state index is 12.4. The highest BCUT2D eigenvalue weighted by atomic mass is 35.5. The molecule has 9 heteroatoms. The Balaban J connectivity index is 0.00000121. The summed E-state index contributed by atoms with van der Waals surface area (Å²) in [4.78, 5) is 20.6. The molecule has 26 heavy (non-hydrogen) atoms. The third kappa shape index (κ3) is 4.52. The van der Waals surface area contributed by atoms with Crippen LogP contribution in [0.2, 0.25) is 0 Å². The summed E-state index contributed by atoms with van der Waals surface area (Å²) in [6, 6.07) is 4.05. The molecule has 1 amide bonds. The summed E-state index contributed by atoms with van der Waals surface area (Å²) in [6.45, 7) is 0.254. The molecule has 3 heterocycles. The van der Waals surface area contributed by atoms with E-state index in [9.17, 15) is 4.79 Å². The molecule has 0 aromatic carbocycles. The lowest BCUT2D eigenvalue weighted by molar-refractivity contribution is -0.123. The zero-order chi connectivity index (χ0) is 16.4. The van der Waals surface area contributed by atoms with Gasteiger partial charge in [-0.1, -0.05) is 18.0 Å². The van der Waals surface area contributed by atoms with E-state index < -0.39 is 0 Å². The van der Waals surface area contributed by atoms with Gasteiger partial charge in [-0.15, -0.1) is 24.8 Å². The molecule has 142 valence electrons. The zero-order valence-electron chi connectivity index (χ0n) is 14.3. The molecule has 1 saturated carbocycles. The third-order valence-electron chi connectivity index (χ3n) is 5.00. The minimum Gasteiger partial charge on any atom is -0.346 e. The van der Waals surface area contributed by atoms with E-state index in [2.05, 4.69) is 25.8 Å². The Morgan fingerprint density at radius 1 is 1.23 bits per heavy atom. The summed E-state index contributed by atoms with van der Waals surface area (Å²) in [5, 5.41) is 10.3. The van der Waals surface area contributed by atoms with Gasteiger partial charge in [0.2, 0.25) is 17.6 Å². The molecule has 1 aliphatic heterocycles. The highest BCUT2D eigenvalue weighted by Crippen LogP contribution is 2.33. The Hall–Kier alpha value is -1.70. The topological polar surface area (TPSA) is 92.9 Å². The summed E-state index contributed by atoms with van der Waals surface area (Å²) in [6.07, 6.45) is 9.27. The van der Waals surface area contributed by atoms with Crippen molar-refractivity contribution in [3.8, 4) is 11.4 Å². The molecule has 0 radical (unpaired) electrons. The molecule has 3 atom stereocenters. The van der Waals surface area contributed by atoms with Gasteiger partial charge < -0.3 is 15.2 Å². The normalized spacial score (nSPS) is 24.1. The number of fused-ring (bicyclic) bond motifs is 1. The van der Waals surface area contributed by atoms with E-state index in [0.29, 0.717) is 23.7 Å². The highest BCUT2D eigenvalue weighted by molar-refractivity contribution is 5.85. The molecule has 2 fully saturated rings. The number of carbonyl (C=O) groups is 1. The van der Waals surface area contributed by atoms with E-state index in [4.69, 9.17) is 4.52 Å². The third-order valence-corrected chi connectivity index (χ3v) is 5.00. The molecule has 4 rings (SSSR count). The van der Waals surface area contributed by atoms with Crippen molar-refractivity contribution in [2.75, 3.05) is 0 Å². The lowest BCUT2D eigenvalue weighted by Crippen LogP contribution is -2.42. The number of hydrogen-bond acceptors (Lipinski definition) is 6. The fourth-order valence-electron chi connectivity index (χ4n) is 3.75. The standard InChI is InChI=1S/C17H21N5O2.2ClH/c23-17(14-9-12-3-1-2-4-13(12)20-14)19-10-15-21-16(22-24-15)11-5-7-18-8-6-11;;/h5-8,12-14,20H,1-4,9-10H2,(H,19,23);2*1H. The fraction of sp³-hybridized carbons (Fsp3) is 0.529. The maximum atomic E-state index is 12.4. The minimum absolute atomic E-state index is 0. The van der Waals surface area contributed by atoms with Crippen molar-refractivity contribution in [2.45, 2.75) is 50.7 Å². The molecule has 0 bridgehead atoms. The van der Waals surface area contributed by atoms with Crippen LogP contribution in [-0.4, -0.2) is 33.1 Å². The van der Waals surface area contributed by atoms with Crippen LogP contribution in [0.15, 0.2) is 29.0 Å². The van der Waals surface area contributed by atoms with Gasteiger partial charge in [0.1, 0.15) is 0 Å². The Morgan fingerprint density at radius 2 is 2.00 bits per heavy atom. The number of halogens is 2. The van der Waals surface area contributed by atoms with Gasteiger partial charge in [0.05, 0.1) is 12.6 Å². The van der Waals surface area contributed by atoms with E-state index in [0.717, 1.165) is 12.0 Å². The molecule has 7 nitrogen and oxygen atoms in total. The first-order valence-electron chi connectivity index (χ1n) is 8.56. The van der Waals surface area contributed by atoms with Crippen LogP contribution in [0.3, 0.4) is 0 Å². The summed E-state index contributed by atoms with van der Waals surface area (Å²) >= 11 is 0. The van der Waals surface area contributed by atoms with Crippen molar-refractivity contribution in [1.29, 1.82) is 0 Å². The number of pyridine rings is 1. The average molecular weight is 400 g/mol. The van der Waals surface area contributed by atoms with Gasteiger partial charge >= 0.3 is 0 Å². The van der Waals surface area contributed by atoms with Crippen molar-refractivity contribution in [3.05, 3.63) is 30.4 Å². The molecule has 2 aromatic rings. The fourth-order valence-corrected chi connectivity index (χ4v) is 3.75. The van der Waals surface area contributed by atoms with E-state index in [1.54, 1.807) is 12.4 Å². The van der Waals surface area contributed by atoms with Crippen molar-refractivity contribution in [1.82, 2.24) is 25.8 Å². The largest absolute Gasteiger partial charge is 0.346 e. The van der Waals surface area contributed by atoms with Gasteiger partial charge in [0, 0.05) is 24.0 Å². The van der Waals surface area contributed by atoms with Crippen LogP contribution in [0.1, 0.15) is 38.0 Å². The van der Waals surface area contributed by atoms with Crippen LogP contribution in [0, 0.1) is 5.92 Å². The van der Waals surface area contributed by atoms with Crippen molar-refractivity contribution in [2.24, 2.45) is 5.92 Å². The molecule has 2 aliphatic rings. The number of amides is 1. The van der Waals surface area contributed by atoms with Crippen molar-refractivity contribution >= 4 is 30.7 Å². The van der Waals surface area contributed by atoms with Gasteiger partial charge in [0.15, 0.2) is 0 Å². The van der Waals surface area contributed by atoms with Crippen LogP contribution < -0.4 is 10.6 Å². The Morgan fingerprint density at radius 3 is 2.77 bits per heavy atom. The van der Waals surface area contributed by atoms with E-state index in [-0.39, 0.29) is 43.3 Å². The summed E-state index contributed by atoms with van der Waals surface area (Å²) < 4.78 is 5.21. The number of nitrogens with zero attached hydrogens (tertiary/aromatic N) is 3.